The molecule has 0 heterocycles. The molecule has 0 saturated heterocycles. The molecular weight excluding hydrogens is 270 g/mol. The Morgan fingerprint density at radius 2 is 1.86 bits per heavy atom. The first-order valence-electron chi connectivity index (χ1n) is 6.71. The number of nitrogens with two attached hydrogens (primary N) is 1. The summed E-state index contributed by atoms with van der Waals surface area (Å²) >= 11 is 0. The Morgan fingerprint density at radius 3 is 2.29 bits per heavy atom. The van der Waals surface area contributed by atoms with Gasteiger partial charge in [-0.1, -0.05) is 12.1 Å². The third kappa shape index (κ3) is 4.37. The average Bonchev–Trinajstić information content (AvgIpc) is 2.36. The van der Waals surface area contributed by atoms with Crippen LogP contribution >= 0.6 is 0 Å². The van der Waals surface area contributed by atoms with Crippen LogP contribution in [0.2, 0.25) is 0 Å². The normalized spacial score (nSPS) is 11.7. The van der Waals surface area contributed by atoms with Crippen molar-refractivity contribution in [2.24, 2.45) is 5.73 Å². The van der Waals surface area contributed by atoms with E-state index in [4.69, 9.17) is 10.5 Å². The van der Waals surface area contributed by atoms with E-state index in [1.807, 2.05) is 26.0 Å². The topological polar surface area (TPSA) is 84.7 Å². The number of carbonyl (C=O) groups excluding carboxylic acids is 2. The number of rotatable bonds is 5. The van der Waals surface area contributed by atoms with Gasteiger partial charge in [-0.25, -0.2) is 4.79 Å². The van der Waals surface area contributed by atoms with E-state index in [-0.39, 0.29) is 5.91 Å². The number of aryl methyl sites for hydroxylation is 2. The molecule has 1 aromatic carbocycles. The van der Waals surface area contributed by atoms with Crippen molar-refractivity contribution in [3.05, 3.63) is 28.8 Å². The highest BCUT2D eigenvalue weighted by Gasteiger charge is 2.19. The van der Waals surface area contributed by atoms with E-state index >= 15 is 0 Å². The summed E-state index contributed by atoms with van der Waals surface area (Å²) in [5.74, 6) is 0.663. The summed E-state index contributed by atoms with van der Waals surface area (Å²) in [7, 11) is 3.33. The summed E-state index contributed by atoms with van der Waals surface area (Å²) in [5, 5.41) is 2.38. The molecule has 3 N–H and O–H groups in total. The number of urea groups is 1. The molecule has 0 aliphatic heterocycles. The molecule has 0 fully saturated rings. The number of primary amides is 1. The van der Waals surface area contributed by atoms with Crippen molar-refractivity contribution in [2.75, 3.05) is 14.2 Å². The van der Waals surface area contributed by atoms with Crippen LogP contribution in [0.15, 0.2) is 12.1 Å². The minimum Gasteiger partial charge on any atom is -0.496 e. The molecule has 0 unspecified atom stereocenters. The lowest BCUT2D eigenvalue weighted by Gasteiger charge is -2.22. The van der Waals surface area contributed by atoms with Gasteiger partial charge in [-0.05, 0) is 37.5 Å². The molecule has 0 aliphatic carbocycles. The van der Waals surface area contributed by atoms with Crippen LogP contribution in [0.3, 0.4) is 0 Å². The van der Waals surface area contributed by atoms with E-state index < -0.39 is 12.1 Å². The zero-order valence-corrected chi connectivity index (χ0v) is 13.2. The summed E-state index contributed by atoms with van der Waals surface area (Å²) in [5.41, 5.74) is 8.08. The van der Waals surface area contributed by atoms with Crippen molar-refractivity contribution in [1.29, 1.82) is 0 Å². The van der Waals surface area contributed by atoms with Crippen molar-refractivity contribution in [1.82, 2.24) is 10.2 Å². The molecule has 6 nitrogen and oxygen atoms in total. The summed E-state index contributed by atoms with van der Waals surface area (Å²) in [6.45, 7) is 5.99. The second-order valence-electron chi connectivity index (χ2n) is 5.19. The highest BCUT2D eigenvalue weighted by molar-refractivity contribution is 5.86. The molecule has 116 valence electrons. The van der Waals surface area contributed by atoms with Gasteiger partial charge < -0.3 is 20.7 Å². The molecule has 0 aliphatic rings. The standard InChI is InChI=1S/C15H23N3O3/c1-9-6-12(7-10(2)13(9)21-5)8-18(4)14(19)11(3)17-15(16)20/h6-7,11H,8H2,1-5H3,(H3,16,17,20)/t11-/m0/s1. The fraction of sp³-hybridized carbons (Fsp3) is 0.467. The first kappa shape index (κ1) is 16.8. The molecule has 3 amide bonds. The van der Waals surface area contributed by atoms with Crippen LogP contribution in [-0.2, 0) is 11.3 Å². The molecule has 1 atom stereocenters. The van der Waals surface area contributed by atoms with Crippen molar-refractivity contribution < 1.29 is 14.3 Å². The Labute approximate surface area is 125 Å². The lowest BCUT2D eigenvalue weighted by Crippen LogP contribution is -2.47. The number of nitrogens with one attached hydrogen (secondary N) is 1. The minimum absolute atomic E-state index is 0.195. The van der Waals surface area contributed by atoms with Gasteiger partial charge in [0.05, 0.1) is 7.11 Å². The Hall–Kier alpha value is -2.24. The van der Waals surface area contributed by atoms with Crippen molar-refractivity contribution >= 4 is 11.9 Å². The van der Waals surface area contributed by atoms with E-state index in [1.165, 1.54) is 0 Å². The number of carbonyl (C=O) groups is 2. The molecule has 21 heavy (non-hydrogen) atoms. The van der Waals surface area contributed by atoms with Gasteiger partial charge in [-0.3, -0.25) is 4.79 Å². The van der Waals surface area contributed by atoms with Crippen molar-refractivity contribution in [3.8, 4) is 5.75 Å². The Bertz CT molecular complexity index is 520. The number of methoxy groups -OCH3 is 1. The number of ether oxygens (including phenoxy) is 1. The molecule has 0 bridgehead atoms. The smallest absolute Gasteiger partial charge is 0.312 e. The van der Waals surface area contributed by atoms with Crippen molar-refractivity contribution in [3.63, 3.8) is 0 Å². The number of likely N-dealkylation sites (N-methyl/N-ethyl adjacent to an activating group) is 1. The zero-order chi connectivity index (χ0) is 16.2. The number of hydrogen-bond donors (Lipinski definition) is 2. The van der Waals surface area contributed by atoms with Gasteiger partial charge in [0.1, 0.15) is 11.8 Å². The zero-order valence-electron chi connectivity index (χ0n) is 13.2. The van der Waals surface area contributed by atoms with E-state index in [1.54, 1.807) is 26.0 Å². The Balaban J connectivity index is 2.81. The Kier molecular flexibility index (Phi) is 5.58. The first-order valence-corrected chi connectivity index (χ1v) is 6.71. The lowest BCUT2D eigenvalue weighted by atomic mass is 10.1. The molecule has 0 saturated carbocycles. The highest BCUT2D eigenvalue weighted by atomic mass is 16.5. The van der Waals surface area contributed by atoms with Gasteiger partial charge in [0.15, 0.2) is 0 Å². The fourth-order valence-corrected chi connectivity index (χ4v) is 2.41. The average molecular weight is 293 g/mol. The number of benzene rings is 1. The summed E-state index contributed by atoms with van der Waals surface area (Å²) in [6, 6.07) is 2.62. The maximum atomic E-state index is 12.1. The molecule has 1 rings (SSSR count). The maximum absolute atomic E-state index is 12.1. The number of amides is 3. The van der Waals surface area contributed by atoms with Gasteiger partial charge in [0.2, 0.25) is 5.91 Å². The van der Waals surface area contributed by atoms with Crippen LogP contribution in [-0.4, -0.2) is 37.0 Å². The first-order chi connectivity index (χ1) is 9.76. The quantitative estimate of drug-likeness (QED) is 0.859. The van der Waals surface area contributed by atoms with E-state index in [0.717, 1.165) is 22.4 Å². The SMILES string of the molecule is COc1c(C)cc(CN(C)C(=O)[C@H](C)NC(N)=O)cc1C. The van der Waals surface area contributed by atoms with Gasteiger partial charge in [0, 0.05) is 13.6 Å². The Morgan fingerprint density at radius 1 is 1.33 bits per heavy atom. The van der Waals surface area contributed by atoms with Gasteiger partial charge in [-0.15, -0.1) is 0 Å². The van der Waals surface area contributed by atoms with Crippen LogP contribution < -0.4 is 15.8 Å². The molecule has 0 spiro atoms. The lowest BCUT2D eigenvalue weighted by molar-refractivity contribution is -0.132. The summed E-state index contributed by atoms with van der Waals surface area (Å²) in [4.78, 5) is 24.4. The molecule has 0 aromatic heterocycles. The summed E-state index contributed by atoms with van der Waals surface area (Å²) in [6.07, 6.45) is 0. The van der Waals surface area contributed by atoms with Crippen LogP contribution in [0.4, 0.5) is 4.79 Å². The second kappa shape index (κ2) is 6.97. The number of hydrogen-bond acceptors (Lipinski definition) is 3. The van der Waals surface area contributed by atoms with E-state index in [2.05, 4.69) is 5.32 Å². The third-order valence-corrected chi connectivity index (χ3v) is 3.25. The van der Waals surface area contributed by atoms with E-state index in [9.17, 15) is 9.59 Å². The third-order valence-electron chi connectivity index (χ3n) is 3.25. The van der Waals surface area contributed by atoms with Gasteiger partial charge >= 0.3 is 6.03 Å². The monoisotopic (exact) mass is 293 g/mol. The molecule has 0 radical (unpaired) electrons. The molecular formula is C15H23N3O3. The predicted molar refractivity (Wildman–Crippen MR) is 81.1 cm³/mol. The molecule has 6 heteroatoms. The molecule has 1 aromatic rings. The number of nitrogens with zero attached hydrogens (tertiary/aromatic N) is 1. The summed E-state index contributed by atoms with van der Waals surface area (Å²) < 4.78 is 5.32. The van der Waals surface area contributed by atoms with Gasteiger partial charge in [-0.2, -0.15) is 0 Å². The van der Waals surface area contributed by atoms with Gasteiger partial charge in [0.25, 0.3) is 0 Å². The fourth-order valence-electron chi connectivity index (χ4n) is 2.41. The highest BCUT2D eigenvalue weighted by Crippen LogP contribution is 2.24. The van der Waals surface area contributed by atoms with Crippen LogP contribution in [0, 0.1) is 13.8 Å². The largest absolute Gasteiger partial charge is 0.496 e. The van der Waals surface area contributed by atoms with E-state index in [0.29, 0.717) is 6.54 Å². The van der Waals surface area contributed by atoms with Crippen molar-refractivity contribution in [2.45, 2.75) is 33.4 Å². The minimum atomic E-state index is -0.708. The second-order valence-corrected chi connectivity index (χ2v) is 5.19. The predicted octanol–water partition coefficient (Wildman–Crippen LogP) is 1.33. The maximum Gasteiger partial charge on any atom is 0.312 e. The van der Waals surface area contributed by atoms with Crippen LogP contribution in [0.25, 0.3) is 0 Å². The van der Waals surface area contributed by atoms with Crippen LogP contribution in [0.5, 0.6) is 5.75 Å². The van der Waals surface area contributed by atoms with Crippen LogP contribution in [0.1, 0.15) is 23.6 Å².